The number of hydrogen-bond acceptors (Lipinski definition) is 8. The molecule has 4 aliphatic rings. The molecule has 0 radical (unpaired) electrons. The van der Waals surface area contributed by atoms with Gasteiger partial charge in [-0.15, -0.1) is 11.3 Å². The Balaban J connectivity index is 1.20. The zero-order valence-electron chi connectivity index (χ0n) is 20.7. The molecule has 1 spiro atoms. The van der Waals surface area contributed by atoms with Gasteiger partial charge in [-0.2, -0.15) is 5.10 Å². The van der Waals surface area contributed by atoms with Crippen LogP contribution in [-0.4, -0.2) is 73.0 Å². The molecule has 1 aliphatic carbocycles. The number of hydrogen-bond donors (Lipinski definition) is 2. The summed E-state index contributed by atoms with van der Waals surface area (Å²) >= 11 is 1.97. The van der Waals surface area contributed by atoms with Gasteiger partial charge in [0.25, 0.3) is 0 Å². The summed E-state index contributed by atoms with van der Waals surface area (Å²) in [5.41, 5.74) is 1.37. The molecule has 3 fully saturated rings. The maximum Gasteiger partial charge on any atom is 0.0969 e. The fourth-order valence-electron chi connectivity index (χ4n) is 6.32. The molecule has 7 nitrogen and oxygen atoms in total. The summed E-state index contributed by atoms with van der Waals surface area (Å²) in [4.78, 5) is 10.2. The third kappa shape index (κ3) is 4.48. The van der Waals surface area contributed by atoms with Crippen LogP contribution in [0, 0.1) is 5.41 Å². The fourth-order valence-corrected chi connectivity index (χ4v) is 7.50. The number of aryl methyl sites for hydroxylation is 1. The lowest BCUT2D eigenvalue weighted by Crippen LogP contribution is -2.51. The SMILES string of the molecule is CCc1cc2c(s1)CCO[C@@]21CCN(C/C(C=NCC2(C3(O)CCOCC3)CC2)=N/N)[C@@H](C)C1. The second-order valence-electron chi connectivity index (χ2n) is 10.8. The highest BCUT2D eigenvalue weighted by atomic mass is 32.1. The van der Waals surface area contributed by atoms with E-state index in [1.165, 1.54) is 15.3 Å². The topological polar surface area (TPSA) is 92.7 Å². The van der Waals surface area contributed by atoms with Crippen LogP contribution in [0.1, 0.15) is 67.7 Å². The first-order valence-electron chi connectivity index (χ1n) is 13.0. The Morgan fingerprint density at radius 2 is 2.06 bits per heavy atom. The van der Waals surface area contributed by atoms with Crippen LogP contribution in [0.3, 0.4) is 0 Å². The maximum atomic E-state index is 11.2. The van der Waals surface area contributed by atoms with Crippen LogP contribution in [0.5, 0.6) is 0 Å². The fraction of sp³-hybridized carbons (Fsp3) is 0.769. The lowest BCUT2D eigenvalue weighted by molar-refractivity contribution is -0.108. The molecule has 0 amide bonds. The van der Waals surface area contributed by atoms with E-state index in [2.05, 4.69) is 29.9 Å². The molecule has 3 N–H and O–H groups in total. The molecular weight excluding hydrogens is 448 g/mol. The number of aliphatic imine (C=N–C) groups is 1. The first-order chi connectivity index (χ1) is 16.4. The molecule has 1 saturated carbocycles. The largest absolute Gasteiger partial charge is 0.389 e. The summed E-state index contributed by atoms with van der Waals surface area (Å²) in [6, 6.07) is 2.77. The van der Waals surface area contributed by atoms with Crippen molar-refractivity contribution in [3.63, 3.8) is 0 Å². The van der Waals surface area contributed by atoms with E-state index in [0.717, 1.165) is 57.4 Å². The van der Waals surface area contributed by atoms with Gasteiger partial charge in [-0.3, -0.25) is 9.89 Å². The van der Waals surface area contributed by atoms with E-state index in [9.17, 15) is 5.11 Å². The lowest BCUT2D eigenvalue weighted by Gasteiger charge is -2.47. The van der Waals surface area contributed by atoms with Crippen LogP contribution in [0.25, 0.3) is 0 Å². The van der Waals surface area contributed by atoms with E-state index in [4.69, 9.17) is 20.3 Å². The number of nitrogens with two attached hydrogens (primary N) is 1. The standard InChI is InChI=1S/C26H40N4O3S/c1-3-21-14-22-23(34-21)4-11-33-25(22)7-10-30(19(2)15-25)17-20(29-27)16-28-18-24(5-6-24)26(31)8-12-32-13-9-26/h14,16,19,31H,3-13,15,17-18,27H2,1-2H3/b28-16?,29-20+/t19-,25+/m0/s1. The highest BCUT2D eigenvalue weighted by molar-refractivity contribution is 7.12. The van der Waals surface area contributed by atoms with Crippen molar-refractivity contribution in [1.29, 1.82) is 0 Å². The van der Waals surface area contributed by atoms with Crippen molar-refractivity contribution in [1.82, 2.24) is 4.90 Å². The highest BCUT2D eigenvalue weighted by Crippen LogP contribution is 2.57. The van der Waals surface area contributed by atoms with Gasteiger partial charge in [-0.25, -0.2) is 0 Å². The predicted octanol–water partition coefficient (Wildman–Crippen LogP) is 3.27. The van der Waals surface area contributed by atoms with Crippen LogP contribution < -0.4 is 5.84 Å². The van der Waals surface area contributed by atoms with Gasteiger partial charge in [-0.05, 0) is 50.7 Å². The van der Waals surface area contributed by atoms with Crippen molar-refractivity contribution in [3.8, 4) is 0 Å². The van der Waals surface area contributed by atoms with Gasteiger partial charge in [0.2, 0.25) is 0 Å². The molecule has 1 aromatic heterocycles. The van der Waals surface area contributed by atoms with E-state index >= 15 is 0 Å². The van der Waals surface area contributed by atoms with Crippen molar-refractivity contribution in [2.75, 3.05) is 39.5 Å². The zero-order valence-corrected chi connectivity index (χ0v) is 21.5. The number of piperidine rings is 1. The molecule has 8 heteroatoms. The Hall–Kier alpha value is -1.32. The van der Waals surface area contributed by atoms with Gasteiger partial charge in [0.15, 0.2) is 0 Å². The van der Waals surface area contributed by atoms with E-state index in [1.807, 2.05) is 17.6 Å². The number of aliphatic hydroxyl groups is 1. The number of ether oxygens (including phenoxy) is 2. The second-order valence-corrected chi connectivity index (χ2v) is 12.0. The van der Waals surface area contributed by atoms with Gasteiger partial charge >= 0.3 is 0 Å². The number of thiophene rings is 1. The Bertz CT molecular complexity index is 934. The summed E-state index contributed by atoms with van der Waals surface area (Å²) in [5, 5.41) is 15.2. The van der Waals surface area contributed by atoms with Crippen LogP contribution in [0.4, 0.5) is 0 Å². The monoisotopic (exact) mass is 488 g/mol. The number of nitrogens with zero attached hydrogens (tertiary/aromatic N) is 3. The summed E-state index contributed by atoms with van der Waals surface area (Å²) in [7, 11) is 0. The van der Waals surface area contributed by atoms with E-state index in [-0.39, 0.29) is 11.0 Å². The van der Waals surface area contributed by atoms with E-state index in [1.54, 1.807) is 0 Å². The van der Waals surface area contributed by atoms with Gasteiger partial charge in [0.1, 0.15) is 0 Å². The molecule has 0 bridgehead atoms. The Labute approximate surface area is 207 Å². The summed E-state index contributed by atoms with van der Waals surface area (Å²) in [5.74, 6) is 5.77. The van der Waals surface area contributed by atoms with Crippen LogP contribution in [0.15, 0.2) is 16.2 Å². The third-order valence-corrected chi connectivity index (χ3v) is 10.1. The molecule has 34 heavy (non-hydrogen) atoms. The van der Waals surface area contributed by atoms with Gasteiger partial charge in [0, 0.05) is 79.5 Å². The number of fused-ring (bicyclic) bond motifs is 2. The molecular formula is C26H40N4O3S. The Kier molecular flexibility index (Phi) is 6.90. The molecule has 5 rings (SSSR count). The van der Waals surface area contributed by atoms with Crippen LogP contribution >= 0.6 is 11.3 Å². The molecule has 4 heterocycles. The number of rotatable bonds is 7. The molecule has 0 aromatic carbocycles. The second kappa shape index (κ2) is 9.62. The molecule has 2 saturated heterocycles. The normalized spacial score (nSPS) is 31.1. The average Bonchev–Trinajstić information content (AvgIpc) is 3.52. The summed E-state index contributed by atoms with van der Waals surface area (Å²) in [6.45, 7) is 8.91. The zero-order chi connectivity index (χ0) is 23.8. The minimum atomic E-state index is -0.642. The van der Waals surface area contributed by atoms with Crippen molar-refractivity contribution in [2.45, 2.75) is 82.5 Å². The minimum Gasteiger partial charge on any atom is -0.389 e. The van der Waals surface area contributed by atoms with Crippen LogP contribution in [-0.2, 0) is 27.9 Å². The van der Waals surface area contributed by atoms with Gasteiger partial charge in [-0.1, -0.05) is 6.92 Å². The predicted molar refractivity (Wildman–Crippen MR) is 137 cm³/mol. The van der Waals surface area contributed by atoms with Gasteiger partial charge < -0.3 is 20.4 Å². The van der Waals surface area contributed by atoms with E-state index in [0.29, 0.717) is 45.2 Å². The first kappa shape index (κ1) is 24.4. The molecule has 3 aliphatic heterocycles. The molecule has 188 valence electrons. The number of likely N-dealkylation sites (tertiary alicyclic amines) is 1. The Morgan fingerprint density at radius 3 is 2.74 bits per heavy atom. The van der Waals surface area contributed by atoms with Crippen molar-refractivity contribution >= 4 is 23.3 Å². The summed E-state index contributed by atoms with van der Waals surface area (Å²) in [6.07, 6.45) is 9.45. The third-order valence-electron chi connectivity index (χ3n) is 8.78. The number of hydrazone groups is 1. The van der Waals surface area contributed by atoms with Crippen molar-refractivity contribution < 1.29 is 14.6 Å². The van der Waals surface area contributed by atoms with Crippen molar-refractivity contribution in [2.24, 2.45) is 21.4 Å². The first-order valence-corrected chi connectivity index (χ1v) is 13.8. The smallest absolute Gasteiger partial charge is 0.0969 e. The average molecular weight is 489 g/mol. The molecule has 1 aromatic rings. The Morgan fingerprint density at radius 1 is 1.26 bits per heavy atom. The quantitative estimate of drug-likeness (QED) is 0.349. The summed E-state index contributed by atoms with van der Waals surface area (Å²) < 4.78 is 11.9. The molecule has 0 unspecified atom stereocenters. The maximum absolute atomic E-state index is 11.2. The van der Waals surface area contributed by atoms with Crippen molar-refractivity contribution in [3.05, 3.63) is 21.4 Å². The highest BCUT2D eigenvalue weighted by Gasteiger charge is 2.58. The van der Waals surface area contributed by atoms with E-state index < -0.39 is 5.60 Å². The van der Waals surface area contributed by atoms with Gasteiger partial charge in [0.05, 0.1) is 23.5 Å². The lowest BCUT2D eigenvalue weighted by atomic mass is 9.78. The van der Waals surface area contributed by atoms with Crippen LogP contribution in [0.2, 0.25) is 0 Å². The molecule has 2 atom stereocenters. The minimum absolute atomic E-state index is 0.0916.